The fourth-order valence-corrected chi connectivity index (χ4v) is 2.90. The quantitative estimate of drug-likeness (QED) is 0.367. The van der Waals surface area contributed by atoms with Gasteiger partial charge in [-0.05, 0) is 67.6 Å². The maximum Gasteiger partial charge on any atom is 0.573 e. The van der Waals surface area contributed by atoms with Crippen LogP contribution in [0.5, 0.6) is 17.2 Å². The van der Waals surface area contributed by atoms with E-state index in [4.69, 9.17) is 4.74 Å². The van der Waals surface area contributed by atoms with E-state index in [-0.39, 0.29) is 11.6 Å². The largest absolute Gasteiger partial charge is 0.573 e. The second-order valence-electron chi connectivity index (χ2n) is 6.55. The van der Waals surface area contributed by atoms with Crippen LogP contribution in [0.3, 0.4) is 0 Å². The summed E-state index contributed by atoms with van der Waals surface area (Å²) in [5.41, 5.74) is 1.21. The van der Waals surface area contributed by atoms with Crippen LogP contribution in [-0.4, -0.2) is 16.3 Å². The van der Waals surface area contributed by atoms with Gasteiger partial charge in [0.1, 0.15) is 34.7 Å². The lowest BCUT2D eigenvalue weighted by atomic mass is 10.2. The van der Waals surface area contributed by atoms with Gasteiger partial charge in [0.05, 0.1) is 5.52 Å². The lowest BCUT2D eigenvalue weighted by Gasteiger charge is -2.12. The molecule has 0 unspecified atom stereocenters. The molecule has 5 nitrogen and oxygen atoms in total. The average Bonchev–Trinajstić information content (AvgIpc) is 2.69. The molecule has 0 atom stereocenters. The minimum absolute atomic E-state index is 0.327. The number of benzene rings is 3. The predicted molar refractivity (Wildman–Crippen MR) is 107 cm³/mol. The number of hydrogen-bond acceptors (Lipinski definition) is 5. The summed E-state index contributed by atoms with van der Waals surface area (Å²) in [6, 6.07) is 16.3. The number of alkyl halides is 3. The van der Waals surface area contributed by atoms with E-state index in [1.807, 2.05) is 0 Å². The molecule has 1 heterocycles. The molecule has 1 aromatic heterocycles. The Morgan fingerprint density at radius 3 is 2.06 bits per heavy atom. The highest BCUT2D eigenvalue weighted by atomic mass is 19.4. The predicted octanol–water partition coefficient (Wildman–Crippen LogP) is 6.51. The van der Waals surface area contributed by atoms with Crippen LogP contribution in [0.4, 0.5) is 29.1 Å². The first kappa shape index (κ1) is 20.4. The smallest absolute Gasteiger partial charge is 0.457 e. The standard InChI is InChI=1S/C22H15F4N3O2/c1-13-27-20-12-14(23)2-11-19(20)21(28-13)29-15-3-5-16(6-4-15)30-17-7-9-18(10-8-17)31-22(24,25)26/h2-12H,1H3,(H,27,28,29). The fourth-order valence-electron chi connectivity index (χ4n) is 2.90. The van der Waals surface area contributed by atoms with Crippen molar-refractivity contribution >= 4 is 22.4 Å². The summed E-state index contributed by atoms with van der Waals surface area (Å²) in [6.07, 6.45) is -4.74. The van der Waals surface area contributed by atoms with Gasteiger partial charge in [0.2, 0.25) is 0 Å². The minimum Gasteiger partial charge on any atom is -0.457 e. The van der Waals surface area contributed by atoms with Crippen LogP contribution in [0, 0.1) is 12.7 Å². The SMILES string of the molecule is Cc1nc(Nc2ccc(Oc3ccc(OC(F)(F)F)cc3)cc2)c2ccc(F)cc2n1. The monoisotopic (exact) mass is 429 g/mol. The topological polar surface area (TPSA) is 56.3 Å². The summed E-state index contributed by atoms with van der Waals surface area (Å²) in [7, 11) is 0. The van der Waals surface area contributed by atoms with Crippen molar-refractivity contribution in [2.75, 3.05) is 5.32 Å². The molecule has 0 saturated carbocycles. The van der Waals surface area contributed by atoms with Crippen molar-refractivity contribution < 1.29 is 27.0 Å². The molecule has 1 N–H and O–H groups in total. The molecule has 0 aliphatic rings. The van der Waals surface area contributed by atoms with E-state index in [0.29, 0.717) is 39.7 Å². The number of aryl methyl sites for hydroxylation is 1. The van der Waals surface area contributed by atoms with Gasteiger partial charge in [-0.2, -0.15) is 0 Å². The Kier molecular flexibility index (Phi) is 5.33. The maximum atomic E-state index is 13.5. The summed E-state index contributed by atoms with van der Waals surface area (Å²) in [5, 5.41) is 3.85. The van der Waals surface area contributed by atoms with Crippen molar-refractivity contribution in [3.63, 3.8) is 0 Å². The highest BCUT2D eigenvalue weighted by molar-refractivity contribution is 5.90. The van der Waals surface area contributed by atoms with Crippen molar-refractivity contribution in [2.45, 2.75) is 13.3 Å². The zero-order valence-corrected chi connectivity index (χ0v) is 16.1. The van der Waals surface area contributed by atoms with Crippen LogP contribution in [-0.2, 0) is 0 Å². The van der Waals surface area contributed by atoms with Gasteiger partial charge >= 0.3 is 6.36 Å². The third-order valence-corrected chi connectivity index (χ3v) is 4.18. The Bertz CT molecular complexity index is 1210. The lowest BCUT2D eigenvalue weighted by Crippen LogP contribution is -2.16. The summed E-state index contributed by atoms with van der Waals surface area (Å²) >= 11 is 0. The van der Waals surface area contributed by atoms with Crippen LogP contribution < -0.4 is 14.8 Å². The molecule has 0 spiro atoms. The molecule has 4 aromatic rings. The zero-order chi connectivity index (χ0) is 22.0. The van der Waals surface area contributed by atoms with Crippen LogP contribution in [0.1, 0.15) is 5.82 Å². The highest BCUT2D eigenvalue weighted by Gasteiger charge is 2.30. The van der Waals surface area contributed by atoms with Gasteiger partial charge in [0.25, 0.3) is 0 Å². The molecule has 0 aliphatic carbocycles. The summed E-state index contributed by atoms with van der Waals surface area (Å²) < 4.78 is 59.6. The zero-order valence-electron chi connectivity index (χ0n) is 16.1. The third kappa shape index (κ3) is 5.19. The minimum atomic E-state index is -4.74. The van der Waals surface area contributed by atoms with Gasteiger partial charge in [-0.25, -0.2) is 14.4 Å². The second kappa shape index (κ2) is 8.10. The Morgan fingerprint density at radius 1 is 0.806 bits per heavy atom. The third-order valence-electron chi connectivity index (χ3n) is 4.18. The first-order valence-corrected chi connectivity index (χ1v) is 9.10. The first-order valence-electron chi connectivity index (χ1n) is 9.10. The summed E-state index contributed by atoms with van der Waals surface area (Å²) in [5.74, 6) is 1.17. The summed E-state index contributed by atoms with van der Waals surface area (Å²) in [4.78, 5) is 8.63. The molecular formula is C22H15F4N3O2. The van der Waals surface area contributed by atoms with Gasteiger partial charge in [0.15, 0.2) is 0 Å². The van der Waals surface area contributed by atoms with Gasteiger partial charge in [-0.1, -0.05) is 0 Å². The Labute approximate surface area is 174 Å². The van der Waals surface area contributed by atoms with Crippen molar-refractivity contribution in [3.05, 3.63) is 78.4 Å². The van der Waals surface area contributed by atoms with Gasteiger partial charge in [0, 0.05) is 17.1 Å². The number of anilines is 2. The van der Waals surface area contributed by atoms with Crippen molar-refractivity contribution in [1.29, 1.82) is 0 Å². The fraction of sp³-hybridized carbons (Fsp3) is 0.0909. The van der Waals surface area contributed by atoms with E-state index in [1.165, 1.54) is 36.4 Å². The van der Waals surface area contributed by atoms with E-state index >= 15 is 0 Å². The Hall–Kier alpha value is -3.88. The van der Waals surface area contributed by atoms with E-state index in [0.717, 1.165) is 0 Å². The summed E-state index contributed by atoms with van der Waals surface area (Å²) in [6.45, 7) is 1.72. The van der Waals surface area contributed by atoms with Gasteiger partial charge < -0.3 is 14.8 Å². The number of halogens is 4. The molecule has 31 heavy (non-hydrogen) atoms. The molecule has 3 aromatic carbocycles. The molecule has 0 saturated heterocycles. The van der Waals surface area contributed by atoms with E-state index in [9.17, 15) is 17.6 Å². The van der Waals surface area contributed by atoms with Crippen LogP contribution >= 0.6 is 0 Å². The molecule has 158 valence electrons. The van der Waals surface area contributed by atoms with E-state index in [1.54, 1.807) is 37.3 Å². The number of aromatic nitrogens is 2. The van der Waals surface area contributed by atoms with Crippen LogP contribution in [0.2, 0.25) is 0 Å². The van der Waals surface area contributed by atoms with Crippen LogP contribution in [0.15, 0.2) is 66.7 Å². The number of nitrogens with one attached hydrogen (secondary N) is 1. The molecule has 0 aliphatic heterocycles. The molecule has 0 fully saturated rings. The van der Waals surface area contributed by atoms with Gasteiger partial charge in [-0.3, -0.25) is 0 Å². The second-order valence-corrected chi connectivity index (χ2v) is 6.55. The normalized spacial score (nSPS) is 11.4. The molecule has 9 heteroatoms. The van der Waals surface area contributed by atoms with E-state index < -0.39 is 6.36 Å². The molecule has 0 amide bonds. The molecule has 4 rings (SSSR count). The molecule has 0 bridgehead atoms. The molecular weight excluding hydrogens is 414 g/mol. The first-order chi connectivity index (χ1) is 14.7. The Balaban J connectivity index is 1.47. The number of hydrogen-bond donors (Lipinski definition) is 1. The number of ether oxygens (including phenoxy) is 2. The lowest BCUT2D eigenvalue weighted by molar-refractivity contribution is -0.274. The van der Waals surface area contributed by atoms with Crippen molar-refractivity contribution in [3.8, 4) is 17.2 Å². The number of fused-ring (bicyclic) bond motifs is 1. The maximum absolute atomic E-state index is 13.5. The van der Waals surface area contributed by atoms with Crippen LogP contribution in [0.25, 0.3) is 10.9 Å². The van der Waals surface area contributed by atoms with Crippen molar-refractivity contribution in [2.24, 2.45) is 0 Å². The number of nitrogens with zero attached hydrogens (tertiary/aromatic N) is 2. The average molecular weight is 429 g/mol. The van der Waals surface area contributed by atoms with Crippen molar-refractivity contribution in [1.82, 2.24) is 9.97 Å². The number of rotatable bonds is 5. The molecule has 0 radical (unpaired) electrons. The highest BCUT2D eigenvalue weighted by Crippen LogP contribution is 2.29. The van der Waals surface area contributed by atoms with E-state index in [2.05, 4.69) is 20.0 Å². The van der Waals surface area contributed by atoms with Gasteiger partial charge in [-0.15, -0.1) is 13.2 Å². The Morgan fingerprint density at radius 2 is 1.42 bits per heavy atom.